The monoisotopic (exact) mass is 315 g/mol. The summed E-state index contributed by atoms with van der Waals surface area (Å²) in [4.78, 5) is 2.14. The topological polar surface area (TPSA) is 66.6 Å². The molecule has 5 nitrogen and oxygen atoms in total. The lowest BCUT2D eigenvalue weighted by Gasteiger charge is -2.35. The summed E-state index contributed by atoms with van der Waals surface area (Å²) in [6, 6.07) is 3.81. The lowest BCUT2D eigenvalue weighted by atomic mass is 10.1. The average molecular weight is 315 g/mol. The molecule has 21 heavy (non-hydrogen) atoms. The first kappa shape index (κ1) is 16.2. The number of halogens is 1. The summed E-state index contributed by atoms with van der Waals surface area (Å²) in [5.74, 6) is -0.703. The molecule has 1 saturated heterocycles. The van der Waals surface area contributed by atoms with Gasteiger partial charge in [-0.1, -0.05) is 13.0 Å². The van der Waals surface area contributed by atoms with E-state index >= 15 is 0 Å². The van der Waals surface area contributed by atoms with Crippen LogP contribution in [0.2, 0.25) is 0 Å². The van der Waals surface area contributed by atoms with Gasteiger partial charge in [-0.05, 0) is 44.6 Å². The molecule has 1 aromatic carbocycles. The van der Waals surface area contributed by atoms with Crippen molar-refractivity contribution < 1.29 is 12.8 Å². The van der Waals surface area contributed by atoms with Gasteiger partial charge in [0.05, 0.1) is 5.69 Å². The second kappa shape index (κ2) is 6.29. The Labute approximate surface area is 125 Å². The Morgan fingerprint density at radius 2 is 2.00 bits per heavy atom. The van der Waals surface area contributed by atoms with Crippen molar-refractivity contribution in [3.63, 3.8) is 0 Å². The molecule has 7 heteroatoms. The molecule has 0 atom stereocenters. The molecule has 1 aromatic rings. The first-order valence-corrected chi connectivity index (χ1v) is 8.56. The number of likely N-dealkylation sites (tertiary alicyclic amines) is 1. The summed E-state index contributed by atoms with van der Waals surface area (Å²) >= 11 is 0. The third-order valence-corrected chi connectivity index (χ3v) is 6.16. The van der Waals surface area contributed by atoms with Crippen molar-refractivity contribution in [1.82, 2.24) is 9.21 Å². The summed E-state index contributed by atoms with van der Waals surface area (Å²) in [6.07, 6.45) is 1.55. The van der Waals surface area contributed by atoms with Gasteiger partial charge in [0.25, 0.3) is 0 Å². The van der Waals surface area contributed by atoms with E-state index in [-0.39, 0.29) is 16.6 Å². The van der Waals surface area contributed by atoms with Crippen LogP contribution in [0.15, 0.2) is 23.1 Å². The summed E-state index contributed by atoms with van der Waals surface area (Å²) < 4.78 is 40.1. The van der Waals surface area contributed by atoms with Crippen LogP contribution in [0.25, 0.3) is 0 Å². The van der Waals surface area contributed by atoms with Crippen LogP contribution in [0.3, 0.4) is 0 Å². The van der Waals surface area contributed by atoms with Gasteiger partial charge in [0.1, 0.15) is 10.7 Å². The van der Waals surface area contributed by atoms with Crippen molar-refractivity contribution in [2.45, 2.75) is 30.7 Å². The Balaban J connectivity index is 2.21. The van der Waals surface area contributed by atoms with Gasteiger partial charge in [-0.15, -0.1) is 0 Å². The lowest BCUT2D eigenvalue weighted by Crippen LogP contribution is -2.45. The highest BCUT2D eigenvalue weighted by Crippen LogP contribution is 2.27. The zero-order valence-electron chi connectivity index (χ0n) is 12.4. The molecule has 0 aromatic heterocycles. The first-order valence-electron chi connectivity index (χ1n) is 7.12. The molecule has 2 N–H and O–H groups in total. The van der Waals surface area contributed by atoms with Crippen molar-refractivity contribution >= 4 is 15.7 Å². The van der Waals surface area contributed by atoms with E-state index in [9.17, 15) is 12.8 Å². The summed E-state index contributed by atoms with van der Waals surface area (Å²) in [5.41, 5.74) is 5.28. The number of piperidine rings is 1. The lowest BCUT2D eigenvalue weighted by molar-refractivity contribution is 0.176. The number of nitrogens with zero attached hydrogens (tertiary/aromatic N) is 2. The Bertz CT molecular complexity index is 598. The maximum absolute atomic E-state index is 13.5. The maximum atomic E-state index is 13.5. The Kier molecular flexibility index (Phi) is 4.85. The minimum absolute atomic E-state index is 0.0690. The molecule has 118 valence electrons. The number of para-hydroxylation sites is 1. The predicted molar refractivity (Wildman–Crippen MR) is 80.9 cm³/mol. The van der Waals surface area contributed by atoms with Crippen LogP contribution in [-0.2, 0) is 10.0 Å². The van der Waals surface area contributed by atoms with Crippen molar-refractivity contribution in [2.24, 2.45) is 0 Å². The van der Waals surface area contributed by atoms with Crippen molar-refractivity contribution in [2.75, 3.05) is 32.4 Å². The van der Waals surface area contributed by atoms with E-state index in [2.05, 4.69) is 11.8 Å². The van der Waals surface area contributed by atoms with Crippen molar-refractivity contribution in [3.05, 3.63) is 24.0 Å². The average Bonchev–Trinajstić information content (AvgIpc) is 2.49. The van der Waals surface area contributed by atoms with Crippen LogP contribution >= 0.6 is 0 Å². The highest BCUT2D eigenvalue weighted by molar-refractivity contribution is 7.89. The van der Waals surface area contributed by atoms with E-state index in [1.54, 1.807) is 7.05 Å². The van der Waals surface area contributed by atoms with Gasteiger partial charge in [-0.25, -0.2) is 12.8 Å². The number of sulfonamides is 1. The Morgan fingerprint density at radius 1 is 1.38 bits per heavy atom. The van der Waals surface area contributed by atoms with Crippen molar-refractivity contribution in [3.8, 4) is 0 Å². The molecule has 0 radical (unpaired) electrons. The molecule has 0 amide bonds. The number of hydrogen-bond acceptors (Lipinski definition) is 4. The second-order valence-electron chi connectivity index (χ2n) is 5.34. The third kappa shape index (κ3) is 3.20. The molecule has 0 aliphatic carbocycles. The normalized spacial score (nSPS) is 18.3. The van der Waals surface area contributed by atoms with Crippen molar-refractivity contribution in [1.29, 1.82) is 0 Å². The zero-order valence-corrected chi connectivity index (χ0v) is 13.2. The molecule has 0 spiro atoms. The number of nitrogens with two attached hydrogens (primary N) is 1. The van der Waals surface area contributed by atoms with Crippen LogP contribution in [-0.4, -0.2) is 50.3 Å². The number of anilines is 1. The van der Waals surface area contributed by atoms with E-state index in [0.717, 1.165) is 38.5 Å². The molecule has 0 unspecified atom stereocenters. The van der Waals surface area contributed by atoms with Crippen LogP contribution in [0.4, 0.5) is 10.1 Å². The van der Waals surface area contributed by atoms with Crippen LogP contribution in [0.5, 0.6) is 0 Å². The standard InChI is InChI=1S/C14H22FN3O2S/c1-3-18-9-7-11(8-10-18)17(2)21(19,20)13-6-4-5-12(15)14(13)16/h4-6,11H,3,7-10,16H2,1-2H3. The van der Waals surface area contributed by atoms with Crippen LogP contribution < -0.4 is 5.73 Å². The van der Waals surface area contributed by atoms with Crippen LogP contribution in [0.1, 0.15) is 19.8 Å². The Hall–Kier alpha value is -1.18. The van der Waals surface area contributed by atoms with E-state index < -0.39 is 15.8 Å². The molecule has 1 fully saturated rings. The molecule has 1 aliphatic rings. The van der Waals surface area contributed by atoms with Gasteiger partial charge in [-0.2, -0.15) is 4.31 Å². The van der Waals surface area contributed by atoms with E-state index in [1.807, 2.05) is 0 Å². The zero-order chi connectivity index (χ0) is 15.6. The van der Waals surface area contributed by atoms with Gasteiger partial charge >= 0.3 is 0 Å². The number of hydrogen-bond donors (Lipinski definition) is 1. The third-order valence-electron chi connectivity index (χ3n) is 4.19. The fourth-order valence-corrected chi connectivity index (χ4v) is 4.23. The number of nitrogen functional groups attached to an aromatic ring is 1. The van der Waals surface area contributed by atoms with Gasteiger partial charge in [0, 0.05) is 13.1 Å². The number of rotatable bonds is 4. The maximum Gasteiger partial charge on any atom is 0.245 e. The highest BCUT2D eigenvalue weighted by Gasteiger charge is 2.32. The quantitative estimate of drug-likeness (QED) is 0.855. The molecule has 0 saturated carbocycles. The largest absolute Gasteiger partial charge is 0.395 e. The summed E-state index contributed by atoms with van der Waals surface area (Å²) in [7, 11) is -2.22. The van der Waals surface area contributed by atoms with Gasteiger partial charge in [0.15, 0.2) is 0 Å². The van der Waals surface area contributed by atoms with E-state index in [4.69, 9.17) is 5.73 Å². The summed E-state index contributed by atoms with van der Waals surface area (Å²) in [6.45, 7) is 4.81. The van der Waals surface area contributed by atoms with Gasteiger partial charge in [-0.3, -0.25) is 0 Å². The molecule has 0 bridgehead atoms. The Morgan fingerprint density at radius 3 is 2.57 bits per heavy atom. The minimum Gasteiger partial charge on any atom is -0.395 e. The highest BCUT2D eigenvalue weighted by atomic mass is 32.2. The first-order chi connectivity index (χ1) is 9.87. The molecule has 1 aliphatic heterocycles. The molecular formula is C14H22FN3O2S. The fourth-order valence-electron chi connectivity index (χ4n) is 2.69. The second-order valence-corrected chi connectivity index (χ2v) is 7.30. The van der Waals surface area contributed by atoms with Gasteiger partial charge in [0.2, 0.25) is 10.0 Å². The minimum atomic E-state index is -3.77. The molecule has 1 heterocycles. The summed E-state index contributed by atoms with van der Waals surface area (Å²) in [5, 5.41) is 0. The van der Waals surface area contributed by atoms with E-state index in [1.165, 1.54) is 16.4 Å². The SMILES string of the molecule is CCN1CCC(N(C)S(=O)(=O)c2cccc(F)c2N)CC1. The van der Waals surface area contributed by atoms with E-state index in [0.29, 0.717) is 0 Å². The smallest absolute Gasteiger partial charge is 0.245 e. The molecular weight excluding hydrogens is 293 g/mol. The number of benzene rings is 1. The van der Waals surface area contributed by atoms with Gasteiger partial charge < -0.3 is 10.6 Å². The predicted octanol–water partition coefficient (Wildman–Crippen LogP) is 1.51. The molecule has 2 rings (SSSR count). The van der Waals surface area contributed by atoms with Crippen LogP contribution in [0, 0.1) is 5.82 Å². The fraction of sp³-hybridized carbons (Fsp3) is 0.571.